The summed E-state index contributed by atoms with van der Waals surface area (Å²) in [7, 11) is 0. The molecule has 4 aliphatic rings. The summed E-state index contributed by atoms with van der Waals surface area (Å²) in [5.41, 5.74) is 0.965. The van der Waals surface area contributed by atoms with Gasteiger partial charge in [0, 0.05) is 46.9 Å². The van der Waals surface area contributed by atoms with E-state index in [1.165, 1.54) is 30.3 Å². The van der Waals surface area contributed by atoms with Gasteiger partial charge in [-0.2, -0.15) is 0 Å². The topological polar surface area (TPSA) is 210 Å². The summed E-state index contributed by atoms with van der Waals surface area (Å²) in [6.45, 7) is 0. The van der Waals surface area contributed by atoms with Gasteiger partial charge in [-0.3, -0.25) is 0 Å². The highest BCUT2D eigenvalue weighted by Gasteiger charge is 2.60. The molecule has 0 radical (unpaired) electrons. The quantitative estimate of drug-likeness (QED) is 0.200. The van der Waals surface area contributed by atoms with Crippen LogP contribution in [0.15, 0.2) is 59.9 Å². The molecule has 3 aromatic rings. The third-order valence-electron chi connectivity index (χ3n) is 8.26. The molecule has 0 saturated carbocycles. The number of fused-ring (bicyclic) bond motifs is 8. The number of aliphatic hydroxyl groups is 4. The maximum Gasteiger partial charge on any atom is 0.305 e. The molecule has 0 fully saturated rings. The fourth-order valence-corrected chi connectivity index (χ4v) is 6.27. The van der Waals surface area contributed by atoms with E-state index in [-0.39, 0.29) is 69.6 Å². The third-order valence-corrected chi connectivity index (χ3v) is 8.26. The van der Waals surface area contributed by atoms with Crippen LogP contribution in [0, 0.1) is 0 Å². The average molecular weight is 579 g/mol. The van der Waals surface area contributed by atoms with E-state index in [2.05, 4.69) is 0 Å². The fraction of sp³-hybridized carbons (Fsp3) is 0.267. The SMILES string of the molecule is OC1=CC([C@H]2Oc3c(c(O)cc4c3C3c5c(O)cc(O)cc5O[C@](c5ccc(O)c(O)c5)(O4)C3O)CC2O)=CCC1O. The molecule has 1 aliphatic carbocycles. The van der Waals surface area contributed by atoms with Gasteiger partial charge in [0.05, 0.1) is 12.0 Å². The summed E-state index contributed by atoms with van der Waals surface area (Å²) in [4.78, 5) is 0. The van der Waals surface area contributed by atoms with Gasteiger partial charge in [-0.1, -0.05) is 6.08 Å². The second kappa shape index (κ2) is 8.86. The second-order valence-corrected chi connectivity index (χ2v) is 10.8. The smallest absolute Gasteiger partial charge is 0.305 e. The molecule has 6 atom stereocenters. The molecular formula is C30H26O12. The molecule has 3 heterocycles. The van der Waals surface area contributed by atoms with Gasteiger partial charge in [0.1, 0.15) is 58.6 Å². The van der Waals surface area contributed by atoms with Crippen molar-refractivity contribution in [1.29, 1.82) is 0 Å². The van der Waals surface area contributed by atoms with E-state index in [1.807, 2.05) is 0 Å². The van der Waals surface area contributed by atoms with Crippen LogP contribution in [0.2, 0.25) is 0 Å². The van der Waals surface area contributed by atoms with E-state index in [9.17, 15) is 46.0 Å². The Hall–Kier alpha value is -4.78. The van der Waals surface area contributed by atoms with Crippen LogP contribution in [-0.4, -0.2) is 70.4 Å². The Labute approximate surface area is 237 Å². The van der Waals surface area contributed by atoms with Crippen LogP contribution in [0.4, 0.5) is 0 Å². The minimum absolute atomic E-state index is 0.00573. The third kappa shape index (κ3) is 3.59. The molecule has 4 unspecified atom stereocenters. The first-order valence-electron chi connectivity index (χ1n) is 13.1. The highest BCUT2D eigenvalue weighted by molar-refractivity contribution is 5.68. The lowest BCUT2D eigenvalue weighted by atomic mass is 9.74. The summed E-state index contributed by atoms with van der Waals surface area (Å²) < 4.78 is 18.7. The fourth-order valence-electron chi connectivity index (χ4n) is 6.27. The van der Waals surface area contributed by atoms with Gasteiger partial charge in [-0.05, 0) is 36.3 Å². The van der Waals surface area contributed by atoms with Crippen molar-refractivity contribution in [1.82, 2.24) is 0 Å². The summed E-state index contributed by atoms with van der Waals surface area (Å²) in [6, 6.07) is 7.25. The standard InChI is InChI=1S/C30H26O12/c31-13-7-20(37)24-22(8-13)41-30(12-2-4-16(33)19(36)6-12)29(39)26(24)25-23(42-30)10-17(34)14-9-21(38)27(40-28(14)25)11-1-3-15(32)18(35)5-11/h1-2,4-8,10,15,21,26-27,29,31-39H,3,9H2/t15?,21?,26?,27-,29?,30-/m1/s1. The maximum atomic E-state index is 11.9. The van der Waals surface area contributed by atoms with Crippen LogP contribution in [0.3, 0.4) is 0 Å². The van der Waals surface area contributed by atoms with Crippen molar-refractivity contribution in [3.8, 4) is 46.0 Å². The Balaban J connectivity index is 1.46. The molecule has 12 heteroatoms. The molecule has 0 aromatic heterocycles. The predicted molar refractivity (Wildman–Crippen MR) is 142 cm³/mol. The van der Waals surface area contributed by atoms with Crippen molar-refractivity contribution in [2.24, 2.45) is 0 Å². The zero-order valence-electron chi connectivity index (χ0n) is 21.7. The van der Waals surface area contributed by atoms with Gasteiger partial charge in [-0.15, -0.1) is 0 Å². The molecule has 0 spiro atoms. The Morgan fingerprint density at radius 1 is 0.762 bits per heavy atom. The van der Waals surface area contributed by atoms with Crippen molar-refractivity contribution in [2.75, 3.05) is 0 Å². The van der Waals surface area contributed by atoms with E-state index in [0.717, 1.165) is 12.1 Å². The maximum absolute atomic E-state index is 11.9. The summed E-state index contributed by atoms with van der Waals surface area (Å²) in [5.74, 6) is -5.51. The normalized spacial score (nSPS) is 29.0. The molecule has 12 nitrogen and oxygen atoms in total. The number of benzene rings is 3. The zero-order valence-corrected chi connectivity index (χ0v) is 21.7. The van der Waals surface area contributed by atoms with E-state index >= 15 is 0 Å². The average Bonchev–Trinajstić information content (AvgIpc) is 2.92. The van der Waals surface area contributed by atoms with Crippen LogP contribution in [0.5, 0.6) is 46.0 Å². The number of aliphatic hydroxyl groups excluding tert-OH is 4. The zero-order chi connectivity index (χ0) is 29.7. The lowest BCUT2D eigenvalue weighted by molar-refractivity contribution is -0.219. The van der Waals surface area contributed by atoms with E-state index < -0.39 is 53.4 Å². The number of hydrogen-bond donors (Lipinski definition) is 9. The summed E-state index contributed by atoms with van der Waals surface area (Å²) in [5, 5.41) is 95.4. The van der Waals surface area contributed by atoms with E-state index in [0.29, 0.717) is 5.57 Å². The molecule has 3 aliphatic heterocycles. The number of phenols is 5. The largest absolute Gasteiger partial charge is 0.510 e. The first kappa shape index (κ1) is 26.1. The van der Waals surface area contributed by atoms with Crippen molar-refractivity contribution < 1.29 is 60.2 Å². The molecular weight excluding hydrogens is 552 g/mol. The highest BCUT2D eigenvalue weighted by atomic mass is 16.7. The lowest BCUT2D eigenvalue weighted by Gasteiger charge is -2.50. The summed E-state index contributed by atoms with van der Waals surface area (Å²) in [6.07, 6.45) is -1.99. The van der Waals surface area contributed by atoms with Crippen LogP contribution in [0.1, 0.15) is 34.6 Å². The van der Waals surface area contributed by atoms with Crippen molar-refractivity contribution in [3.63, 3.8) is 0 Å². The number of aromatic hydroxyl groups is 5. The minimum Gasteiger partial charge on any atom is -0.510 e. The highest BCUT2D eigenvalue weighted by Crippen LogP contribution is 2.62. The molecule has 9 N–H and O–H groups in total. The monoisotopic (exact) mass is 578 g/mol. The molecule has 7 rings (SSSR count). The summed E-state index contributed by atoms with van der Waals surface area (Å²) >= 11 is 0. The first-order valence-corrected chi connectivity index (χ1v) is 13.1. The van der Waals surface area contributed by atoms with Crippen LogP contribution < -0.4 is 14.2 Å². The molecule has 42 heavy (non-hydrogen) atoms. The number of rotatable bonds is 2. The van der Waals surface area contributed by atoms with Crippen molar-refractivity contribution >= 4 is 0 Å². The van der Waals surface area contributed by atoms with Crippen LogP contribution in [0.25, 0.3) is 0 Å². The molecule has 3 aromatic carbocycles. The molecule has 0 amide bonds. The van der Waals surface area contributed by atoms with Crippen LogP contribution in [-0.2, 0) is 12.2 Å². The van der Waals surface area contributed by atoms with E-state index in [1.54, 1.807) is 6.08 Å². The van der Waals surface area contributed by atoms with Gasteiger partial charge in [0.2, 0.25) is 0 Å². The van der Waals surface area contributed by atoms with Gasteiger partial charge in [0.25, 0.3) is 0 Å². The Morgan fingerprint density at radius 3 is 2.21 bits per heavy atom. The minimum atomic E-state index is -2.08. The number of ether oxygens (including phenoxy) is 3. The predicted octanol–water partition coefficient (Wildman–Crippen LogP) is 2.14. The molecule has 0 saturated heterocycles. The van der Waals surface area contributed by atoms with Gasteiger partial charge in [0.15, 0.2) is 11.5 Å². The molecule has 2 bridgehead atoms. The van der Waals surface area contributed by atoms with Gasteiger partial charge in [-0.25, -0.2) is 0 Å². The number of hydrogen-bond acceptors (Lipinski definition) is 12. The van der Waals surface area contributed by atoms with Crippen molar-refractivity contribution in [3.05, 3.63) is 82.1 Å². The van der Waals surface area contributed by atoms with Crippen LogP contribution >= 0.6 is 0 Å². The Morgan fingerprint density at radius 2 is 1.50 bits per heavy atom. The van der Waals surface area contributed by atoms with Gasteiger partial charge < -0.3 is 60.2 Å². The lowest BCUT2D eigenvalue weighted by Crippen LogP contribution is -2.57. The Kier molecular flexibility index (Phi) is 5.51. The molecule has 218 valence electrons. The number of phenolic OH excluding ortho intramolecular Hbond substituents is 5. The van der Waals surface area contributed by atoms with E-state index in [4.69, 9.17) is 14.2 Å². The van der Waals surface area contributed by atoms with Gasteiger partial charge >= 0.3 is 5.79 Å². The second-order valence-electron chi connectivity index (χ2n) is 10.8. The van der Waals surface area contributed by atoms with Crippen molar-refractivity contribution in [2.45, 2.75) is 49.0 Å². The first-order chi connectivity index (χ1) is 20.0. The Bertz CT molecular complexity index is 1710.